The van der Waals surface area contributed by atoms with Crippen molar-refractivity contribution in [2.24, 2.45) is 5.41 Å². The number of carbonyl (C=O) groups is 1. The Morgan fingerprint density at radius 1 is 1.27 bits per heavy atom. The first kappa shape index (κ1) is 17.6. The van der Waals surface area contributed by atoms with E-state index in [0.717, 1.165) is 30.5 Å². The summed E-state index contributed by atoms with van der Waals surface area (Å²) in [6.07, 6.45) is 4.09. The molecule has 7 aliphatic rings. The minimum Gasteiger partial charge on any atom is -0.633 e. The Morgan fingerprint density at radius 2 is 2.13 bits per heavy atom. The van der Waals surface area contributed by atoms with Crippen LogP contribution in [0.1, 0.15) is 44.1 Å². The van der Waals surface area contributed by atoms with E-state index in [-0.39, 0.29) is 29.3 Å². The van der Waals surface area contributed by atoms with E-state index in [9.17, 15) is 15.1 Å². The van der Waals surface area contributed by atoms with Crippen molar-refractivity contribution >= 4 is 11.7 Å². The van der Waals surface area contributed by atoms with Gasteiger partial charge < -0.3 is 34.5 Å². The third kappa shape index (κ3) is 1.50. The molecule has 5 fully saturated rings. The first-order chi connectivity index (χ1) is 14.4. The Bertz CT molecular complexity index is 1020. The van der Waals surface area contributed by atoms with Crippen LogP contribution in [0.4, 0.5) is 5.69 Å². The second-order valence-corrected chi connectivity index (χ2v) is 10.3. The molecule has 6 atom stereocenters. The molecule has 3 spiro atoms. The van der Waals surface area contributed by atoms with Crippen LogP contribution in [0, 0.1) is 10.6 Å². The van der Waals surface area contributed by atoms with E-state index < -0.39 is 22.5 Å². The monoisotopic (exact) mass is 414 g/mol. The van der Waals surface area contributed by atoms with Crippen molar-refractivity contribution in [1.29, 1.82) is 0 Å². The summed E-state index contributed by atoms with van der Waals surface area (Å²) in [5, 5.41) is 29.9. The van der Waals surface area contributed by atoms with E-state index in [4.69, 9.17) is 14.2 Å². The molecule has 2 saturated heterocycles. The van der Waals surface area contributed by atoms with Gasteiger partial charge in [0.05, 0.1) is 36.8 Å². The van der Waals surface area contributed by atoms with Crippen LogP contribution in [0.5, 0.6) is 11.5 Å². The maximum absolute atomic E-state index is 14.2. The average molecular weight is 414 g/mol. The minimum atomic E-state index is -1.70. The number of anilines is 1. The summed E-state index contributed by atoms with van der Waals surface area (Å²) in [6.45, 7) is 1.27. The number of nitrogens with one attached hydrogen (secondary N) is 1. The number of hydrogen-bond acceptors (Lipinski definition) is 7. The Morgan fingerprint density at radius 3 is 2.97 bits per heavy atom. The van der Waals surface area contributed by atoms with Gasteiger partial charge >= 0.3 is 5.97 Å². The highest BCUT2D eigenvalue weighted by Gasteiger charge is 2.87. The zero-order valence-electron chi connectivity index (χ0n) is 17.0. The number of hydroxylamine groups is 3. The number of carbonyl (C=O) groups excluding carboxylic acids is 1. The Labute approximate surface area is 174 Å². The van der Waals surface area contributed by atoms with Gasteiger partial charge in [-0.05, 0) is 37.3 Å². The second-order valence-electron chi connectivity index (χ2n) is 10.3. The van der Waals surface area contributed by atoms with Crippen LogP contribution in [-0.2, 0) is 14.9 Å². The van der Waals surface area contributed by atoms with Crippen molar-refractivity contribution in [2.45, 2.75) is 61.1 Å². The summed E-state index contributed by atoms with van der Waals surface area (Å²) < 4.78 is 16.4. The highest BCUT2D eigenvalue weighted by molar-refractivity contribution is 5.88. The highest BCUT2D eigenvalue weighted by atomic mass is 16.7. The maximum atomic E-state index is 14.2. The van der Waals surface area contributed by atoms with Gasteiger partial charge in [-0.25, -0.2) is 4.79 Å². The number of quaternary nitrogens is 1. The van der Waals surface area contributed by atoms with Gasteiger partial charge in [0.2, 0.25) is 6.79 Å². The molecule has 3 aliphatic carbocycles. The molecule has 30 heavy (non-hydrogen) atoms. The molecule has 1 aromatic rings. The Balaban J connectivity index is 1.57. The highest BCUT2D eigenvalue weighted by Crippen LogP contribution is 2.77. The van der Waals surface area contributed by atoms with Gasteiger partial charge in [-0.15, -0.1) is 0 Å². The number of esters is 1. The smallest absolute Gasteiger partial charge is 0.340 e. The van der Waals surface area contributed by atoms with Gasteiger partial charge in [-0.1, -0.05) is 6.07 Å². The number of aliphatic hydroxyl groups is 1. The van der Waals surface area contributed by atoms with E-state index in [1.165, 1.54) is 7.11 Å². The third-order valence-corrected chi connectivity index (χ3v) is 9.57. The summed E-state index contributed by atoms with van der Waals surface area (Å²) in [5.74, 6) is 0.681. The number of fused-ring (bicyclic) bond motifs is 5. The lowest BCUT2D eigenvalue weighted by atomic mass is 9.37. The Kier molecular flexibility index (Phi) is 2.88. The number of methoxy groups -OCH3 is 1. The fourth-order valence-corrected chi connectivity index (χ4v) is 8.90. The van der Waals surface area contributed by atoms with Crippen molar-refractivity contribution in [2.75, 3.05) is 32.3 Å². The van der Waals surface area contributed by atoms with Gasteiger partial charge in [0.1, 0.15) is 6.04 Å². The molecule has 1 unspecified atom stereocenters. The molecular weight excluding hydrogens is 388 g/mol. The molecule has 0 aromatic heterocycles. The largest absolute Gasteiger partial charge is 0.633 e. The lowest BCUT2D eigenvalue weighted by Crippen LogP contribution is -2.85. The number of rotatable bonds is 1. The summed E-state index contributed by atoms with van der Waals surface area (Å²) >= 11 is 0. The molecule has 2 N–H and O–H groups in total. The van der Waals surface area contributed by atoms with E-state index in [1.807, 2.05) is 12.1 Å². The van der Waals surface area contributed by atoms with Crippen molar-refractivity contribution in [3.8, 4) is 11.5 Å². The SMILES string of the molecule is COC(=O)[C@]1(O)C[C@@]23CCC[N+]4([O-])CC[C@@]5(c6ccc7c(c6N[C@]15CC2)OCO7)[C@H]34. The average Bonchev–Trinajstić information content (AvgIpc) is 3.41. The summed E-state index contributed by atoms with van der Waals surface area (Å²) in [5.41, 5.74) is -1.89. The van der Waals surface area contributed by atoms with E-state index in [2.05, 4.69) is 5.32 Å². The maximum Gasteiger partial charge on any atom is 0.340 e. The van der Waals surface area contributed by atoms with Crippen LogP contribution < -0.4 is 14.8 Å². The molecule has 2 bridgehead atoms. The normalized spacial score (nSPS) is 48.6. The predicted molar refractivity (Wildman–Crippen MR) is 105 cm³/mol. The summed E-state index contributed by atoms with van der Waals surface area (Å²) in [4.78, 5) is 13.2. The van der Waals surface area contributed by atoms with Crippen LogP contribution >= 0.6 is 0 Å². The second kappa shape index (κ2) is 4.89. The van der Waals surface area contributed by atoms with E-state index in [0.29, 0.717) is 37.4 Å². The molecule has 8 rings (SSSR count). The van der Waals surface area contributed by atoms with Gasteiger partial charge in [-0.3, -0.25) is 0 Å². The molecule has 8 nitrogen and oxygen atoms in total. The first-order valence-electron chi connectivity index (χ1n) is 11.0. The zero-order chi connectivity index (χ0) is 20.6. The third-order valence-electron chi connectivity index (χ3n) is 9.57. The van der Waals surface area contributed by atoms with Gasteiger partial charge in [0.25, 0.3) is 0 Å². The zero-order valence-corrected chi connectivity index (χ0v) is 17.0. The first-order valence-corrected chi connectivity index (χ1v) is 11.0. The minimum absolute atomic E-state index is 0.143. The van der Waals surface area contributed by atoms with E-state index in [1.54, 1.807) is 0 Å². The topological polar surface area (TPSA) is 100 Å². The van der Waals surface area contributed by atoms with Gasteiger partial charge in [-0.2, -0.15) is 0 Å². The van der Waals surface area contributed by atoms with Crippen molar-refractivity contribution in [3.63, 3.8) is 0 Å². The summed E-state index contributed by atoms with van der Waals surface area (Å²) in [6, 6.07) is 3.76. The number of ether oxygens (including phenoxy) is 3. The van der Waals surface area contributed by atoms with Gasteiger partial charge in [0, 0.05) is 18.3 Å². The molecule has 3 saturated carbocycles. The van der Waals surface area contributed by atoms with Gasteiger partial charge in [0.15, 0.2) is 17.1 Å². The van der Waals surface area contributed by atoms with Crippen LogP contribution in [0.25, 0.3) is 0 Å². The van der Waals surface area contributed by atoms with Crippen LogP contribution in [-0.4, -0.2) is 59.9 Å². The standard InChI is InChI=1S/C22H26N2O6/c1-28-18(25)21(26)11-19-5-2-9-24(27)10-8-20(17(19)24)13-3-4-14-16(30-12-29-14)15(13)23-22(20,21)7-6-19/h3-4,17,23,26H,2,5-12H2,1H3/t17-,19+,20+,21+,22-,24?/m0/s1. The number of piperidine rings is 1. The van der Waals surface area contributed by atoms with Crippen LogP contribution in [0.3, 0.4) is 0 Å². The van der Waals surface area contributed by atoms with Crippen molar-refractivity contribution in [3.05, 3.63) is 22.9 Å². The fourth-order valence-electron chi connectivity index (χ4n) is 8.90. The quantitative estimate of drug-likeness (QED) is 0.411. The molecule has 4 heterocycles. The molecule has 1 aromatic carbocycles. The predicted octanol–water partition coefficient (Wildman–Crippen LogP) is 1.79. The molecule has 8 heteroatoms. The number of benzene rings is 1. The summed E-state index contributed by atoms with van der Waals surface area (Å²) in [7, 11) is 1.33. The molecular formula is C22H26N2O6. The van der Waals surface area contributed by atoms with Crippen molar-refractivity contribution < 1.29 is 28.8 Å². The molecule has 160 valence electrons. The van der Waals surface area contributed by atoms with Crippen LogP contribution in [0.2, 0.25) is 0 Å². The van der Waals surface area contributed by atoms with E-state index >= 15 is 0 Å². The molecule has 4 aliphatic heterocycles. The number of nitrogens with zero attached hydrogens (tertiary/aromatic N) is 1. The van der Waals surface area contributed by atoms with Crippen molar-refractivity contribution in [1.82, 2.24) is 0 Å². The number of hydrogen-bond donors (Lipinski definition) is 2. The van der Waals surface area contributed by atoms with Crippen LogP contribution in [0.15, 0.2) is 12.1 Å². The Hall–Kier alpha value is -2.03. The molecule has 0 radical (unpaired) electrons. The lowest BCUT2D eigenvalue weighted by molar-refractivity contribution is -0.912. The lowest BCUT2D eigenvalue weighted by Gasteiger charge is -2.72. The molecule has 0 amide bonds. The fraction of sp³-hybridized carbons (Fsp3) is 0.682.